The van der Waals surface area contributed by atoms with Gasteiger partial charge in [-0.3, -0.25) is 9.59 Å². The molecule has 0 radical (unpaired) electrons. The van der Waals surface area contributed by atoms with Gasteiger partial charge in [-0.2, -0.15) is 18.3 Å². The van der Waals surface area contributed by atoms with E-state index in [4.69, 9.17) is 5.11 Å². The molecule has 1 atom stereocenters. The molecule has 1 saturated heterocycles. The van der Waals surface area contributed by atoms with Crippen molar-refractivity contribution in [2.24, 2.45) is 10.2 Å². The van der Waals surface area contributed by atoms with Crippen LogP contribution >= 0.6 is 11.8 Å². The second kappa shape index (κ2) is 7.17. The second-order valence-electron chi connectivity index (χ2n) is 4.69. The normalized spacial score (nSPS) is 19.6. The van der Waals surface area contributed by atoms with Gasteiger partial charge in [0.05, 0.1) is 18.2 Å². The summed E-state index contributed by atoms with van der Waals surface area (Å²) in [6.45, 7) is 0. The van der Waals surface area contributed by atoms with Crippen molar-refractivity contribution in [2.75, 3.05) is 0 Å². The van der Waals surface area contributed by atoms with Gasteiger partial charge in [-0.15, -0.1) is 5.10 Å². The average molecular weight is 381 g/mol. The number of carboxylic acids is 1. The first kappa shape index (κ1) is 18.8. The van der Waals surface area contributed by atoms with Crippen molar-refractivity contribution in [3.8, 4) is 0 Å². The highest BCUT2D eigenvalue weighted by molar-refractivity contribution is 8.15. The Morgan fingerprint density at radius 1 is 1.32 bits per heavy atom. The minimum Gasteiger partial charge on any atom is -0.481 e. The second-order valence-corrected chi connectivity index (χ2v) is 5.89. The fraction of sp³-hybridized carbons (Fsp3) is 0.231. The SMILES string of the molecule is O=C(O)CC1SC(=NN=Cc2cc(F)c(F)cc2C(F)(F)F)NC1=O. The van der Waals surface area contributed by atoms with E-state index in [-0.39, 0.29) is 11.2 Å². The number of hydrogen-bond acceptors (Lipinski definition) is 5. The zero-order valence-corrected chi connectivity index (χ0v) is 12.8. The lowest BCUT2D eigenvalue weighted by molar-refractivity contribution is -0.138. The van der Waals surface area contributed by atoms with Gasteiger partial charge < -0.3 is 10.4 Å². The van der Waals surface area contributed by atoms with Crippen molar-refractivity contribution in [1.29, 1.82) is 0 Å². The van der Waals surface area contributed by atoms with Gasteiger partial charge in [-0.05, 0) is 12.1 Å². The quantitative estimate of drug-likeness (QED) is 0.476. The first-order chi connectivity index (χ1) is 11.6. The summed E-state index contributed by atoms with van der Waals surface area (Å²) in [6.07, 6.45) is -4.86. The van der Waals surface area contributed by atoms with Crippen molar-refractivity contribution in [3.05, 3.63) is 34.9 Å². The number of rotatable bonds is 4. The molecule has 25 heavy (non-hydrogen) atoms. The fourth-order valence-corrected chi connectivity index (χ4v) is 2.72. The Morgan fingerprint density at radius 2 is 1.96 bits per heavy atom. The summed E-state index contributed by atoms with van der Waals surface area (Å²) in [5, 5.41) is 16.5. The molecule has 1 amide bonds. The number of nitrogens with one attached hydrogen (secondary N) is 1. The molecule has 2 N–H and O–H groups in total. The van der Waals surface area contributed by atoms with E-state index in [1.807, 2.05) is 0 Å². The molecule has 134 valence electrons. The van der Waals surface area contributed by atoms with Gasteiger partial charge >= 0.3 is 12.1 Å². The average Bonchev–Trinajstić information content (AvgIpc) is 2.80. The molecule has 1 aromatic carbocycles. The predicted octanol–water partition coefficient (Wildman–Crippen LogP) is 2.38. The van der Waals surface area contributed by atoms with Crippen molar-refractivity contribution in [3.63, 3.8) is 0 Å². The summed E-state index contributed by atoms with van der Waals surface area (Å²) in [5.41, 5.74) is -2.20. The minimum absolute atomic E-state index is 0.00118. The van der Waals surface area contributed by atoms with Crippen LogP contribution in [0.4, 0.5) is 22.0 Å². The van der Waals surface area contributed by atoms with E-state index in [1.54, 1.807) is 0 Å². The van der Waals surface area contributed by atoms with Crippen molar-refractivity contribution < 1.29 is 36.6 Å². The summed E-state index contributed by atoms with van der Waals surface area (Å²) in [6, 6.07) is 0.314. The molecule has 1 aliphatic heterocycles. The number of alkyl halides is 3. The first-order valence-electron chi connectivity index (χ1n) is 6.44. The summed E-state index contributed by atoms with van der Waals surface area (Å²) < 4.78 is 64.6. The lowest BCUT2D eigenvalue weighted by atomic mass is 10.1. The van der Waals surface area contributed by atoms with Crippen LogP contribution in [0.25, 0.3) is 0 Å². The van der Waals surface area contributed by atoms with Crippen molar-refractivity contribution in [2.45, 2.75) is 17.8 Å². The number of carboxylic acid groups (broad SMARTS) is 1. The summed E-state index contributed by atoms with van der Waals surface area (Å²) >= 11 is 0.736. The highest BCUT2D eigenvalue weighted by Gasteiger charge is 2.34. The van der Waals surface area contributed by atoms with Crippen LogP contribution in [0.3, 0.4) is 0 Å². The third-order valence-electron chi connectivity index (χ3n) is 2.88. The van der Waals surface area contributed by atoms with E-state index >= 15 is 0 Å². The summed E-state index contributed by atoms with van der Waals surface area (Å²) in [7, 11) is 0. The summed E-state index contributed by atoms with van der Waals surface area (Å²) in [4.78, 5) is 22.0. The standard InChI is InChI=1S/C13H8F5N3O3S/c14-7-1-5(6(2-8(7)15)13(16,17)18)4-19-21-12-20-11(24)9(25-12)3-10(22)23/h1-2,4,9H,3H2,(H,22,23)(H,20,21,24). The molecule has 6 nitrogen and oxygen atoms in total. The lowest BCUT2D eigenvalue weighted by Gasteiger charge is -2.10. The topological polar surface area (TPSA) is 91.1 Å². The number of benzene rings is 1. The number of carbonyl (C=O) groups is 2. The number of aliphatic carboxylic acids is 1. The summed E-state index contributed by atoms with van der Waals surface area (Å²) in [5.74, 6) is -5.00. The van der Waals surface area contributed by atoms with E-state index in [1.165, 1.54) is 0 Å². The molecule has 1 fully saturated rings. The zero-order chi connectivity index (χ0) is 18.8. The monoisotopic (exact) mass is 381 g/mol. The smallest absolute Gasteiger partial charge is 0.417 e. The van der Waals surface area contributed by atoms with E-state index in [9.17, 15) is 31.5 Å². The van der Waals surface area contributed by atoms with Crippen molar-refractivity contribution in [1.82, 2.24) is 5.32 Å². The lowest BCUT2D eigenvalue weighted by Crippen LogP contribution is -2.26. The van der Waals surface area contributed by atoms with Crippen molar-refractivity contribution >= 4 is 35.0 Å². The van der Waals surface area contributed by atoms with Crippen LogP contribution in [-0.2, 0) is 15.8 Å². The van der Waals surface area contributed by atoms with Crippen LogP contribution in [0, 0.1) is 11.6 Å². The van der Waals surface area contributed by atoms with Crippen LogP contribution in [0.2, 0.25) is 0 Å². The maximum absolute atomic E-state index is 13.1. The van der Waals surface area contributed by atoms with Gasteiger partial charge in [0.2, 0.25) is 5.91 Å². The molecular formula is C13H8F5N3O3S. The van der Waals surface area contributed by atoms with Gasteiger partial charge in [0.15, 0.2) is 16.8 Å². The number of thioether (sulfide) groups is 1. The van der Waals surface area contributed by atoms with Crippen LogP contribution < -0.4 is 5.32 Å². The number of halogens is 5. The molecule has 2 rings (SSSR count). The van der Waals surface area contributed by atoms with Gasteiger partial charge in [0, 0.05) is 5.56 Å². The molecule has 1 heterocycles. The molecule has 1 aliphatic rings. The van der Waals surface area contributed by atoms with Gasteiger partial charge in [-0.25, -0.2) is 8.78 Å². The Hall–Kier alpha value is -2.50. The van der Waals surface area contributed by atoms with E-state index in [0.717, 1.165) is 11.8 Å². The Labute approximate surface area is 140 Å². The van der Waals surface area contributed by atoms with Crippen LogP contribution in [0.15, 0.2) is 22.3 Å². The number of amidine groups is 1. The van der Waals surface area contributed by atoms with Gasteiger partial charge in [-0.1, -0.05) is 11.8 Å². The number of carbonyl (C=O) groups excluding carboxylic acids is 1. The Bertz CT molecular complexity index is 779. The molecular weight excluding hydrogens is 373 g/mol. The molecule has 0 bridgehead atoms. The maximum Gasteiger partial charge on any atom is 0.417 e. The third-order valence-corrected chi connectivity index (χ3v) is 3.95. The molecule has 1 aromatic rings. The maximum atomic E-state index is 13.1. The van der Waals surface area contributed by atoms with E-state index in [2.05, 4.69) is 15.5 Å². The van der Waals surface area contributed by atoms with Gasteiger partial charge in [0.25, 0.3) is 0 Å². The Morgan fingerprint density at radius 3 is 2.56 bits per heavy atom. The first-order valence-corrected chi connectivity index (χ1v) is 7.32. The largest absolute Gasteiger partial charge is 0.481 e. The third kappa shape index (κ3) is 4.75. The predicted molar refractivity (Wildman–Crippen MR) is 78.2 cm³/mol. The van der Waals surface area contributed by atoms with Crippen LogP contribution in [-0.4, -0.2) is 33.6 Å². The van der Waals surface area contributed by atoms with E-state index < -0.39 is 52.5 Å². The number of hydrogen-bond donors (Lipinski definition) is 2. The van der Waals surface area contributed by atoms with Crippen LogP contribution in [0.1, 0.15) is 17.5 Å². The van der Waals surface area contributed by atoms with E-state index in [0.29, 0.717) is 12.3 Å². The molecule has 0 saturated carbocycles. The molecule has 0 aromatic heterocycles. The number of nitrogens with zero attached hydrogens (tertiary/aromatic N) is 2. The highest BCUT2D eigenvalue weighted by atomic mass is 32.2. The molecule has 1 unspecified atom stereocenters. The molecule has 12 heteroatoms. The number of amides is 1. The minimum atomic E-state index is -4.94. The molecule has 0 aliphatic carbocycles. The zero-order valence-electron chi connectivity index (χ0n) is 12.0. The highest BCUT2D eigenvalue weighted by Crippen LogP contribution is 2.32. The fourth-order valence-electron chi connectivity index (χ4n) is 1.80. The Kier molecular flexibility index (Phi) is 5.40. The Balaban J connectivity index is 2.22. The van der Waals surface area contributed by atoms with Crippen LogP contribution in [0.5, 0.6) is 0 Å². The van der Waals surface area contributed by atoms with Gasteiger partial charge in [0.1, 0.15) is 5.25 Å². The molecule has 0 spiro atoms.